The average Bonchev–Trinajstić information content (AvgIpc) is 2.48. The lowest BCUT2D eigenvalue weighted by Crippen LogP contribution is -2.11. The molecule has 1 aromatic carbocycles. The van der Waals surface area contributed by atoms with Crippen LogP contribution < -0.4 is 14.8 Å². The van der Waals surface area contributed by atoms with E-state index in [9.17, 15) is 0 Å². The molecule has 0 spiro atoms. The van der Waals surface area contributed by atoms with Gasteiger partial charge in [-0.2, -0.15) is 0 Å². The van der Waals surface area contributed by atoms with Crippen LogP contribution in [-0.2, 0) is 0 Å². The molecule has 2 rings (SSSR count). The van der Waals surface area contributed by atoms with Crippen molar-refractivity contribution < 1.29 is 9.47 Å². The Kier molecular flexibility index (Phi) is 4.98. The van der Waals surface area contributed by atoms with Crippen molar-refractivity contribution in [3.05, 3.63) is 42.0 Å². The van der Waals surface area contributed by atoms with E-state index < -0.39 is 0 Å². The molecule has 0 bridgehead atoms. The van der Waals surface area contributed by atoms with E-state index in [1.807, 2.05) is 32.0 Å². The number of benzene rings is 1. The lowest BCUT2D eigenvalue weighted by Gasteiger charge is -2.17. The molecule has 1 aromatic heterocycles. The quantitative estimate of drug-likeness (QED) is 0.882. The standard InChI is InChI=1S/C16H21N3O2/c1-5-21-15-10-13(6-7-14(15)20-4)19-12(3)16-11(2)17-8-9-18-16/h6-10,12,19H,5H2,1-4H3. The first kappa shape index (κ1) is 15.1. The molecule has 1 N–H and O–H groups in total. The van der Waals surface area contributed by atoms with Crippen molar-refractivity contribution in [2.75, 3.05) is 19.0 Å². The topological polar surface area (TPSA) is 56.3 Å². The number of hydrogen-bond donors (Lipinski definition) is 1. The van der Waals surface area contributed by atoms with E-state index in [2.05, 4.69) is 22.2 Å². The van der Waals surface area contributed by atoms with Gasteiger partial charge in [0.05, 0.1) is 31.1 Å². The van der Waals surface area contributed by atoms with Crippen LogP contribution in [0, 0.1) is 6.92 Å². The maximum absolute atomic E-state index is 5.59. The second-order valence-corrected chi connectivity index (χ2v) is 4.69. The van der Waals surface area contributed by atoms with Gasteiger partial charge in [-0.15, -0.1) is 0 Å². The third-order valence-corrected chi connectivity index (χ3v) is 3.18. The highest BCUT2D eigenvalue weighted by Gasteiger charge is 2.12. The van der Waals surface area contributed by atoms with Crippen LogP contribution in [0.2, 0.25) is 0 Å². The van der Waals surface area contributed by atoms with Crippen LogP contribution >= 0.6 is 0 Å². The summed E-state index contributed by atoms with van der Waals surface area (Å²) in [7, 11) is 1.64. The zero-order valence-corrected chi connectivity index (χ0v) is 12.9. The number of nitrogens with one attached hydrogen (secondary N) is 1. The summed E-state index contributed by atoms with van der Waals surface area (Å²) < 4.78 is 10.9. The molecule has 0 aliphatic rings. The van der Waals surface area contributed by atoms with Crippen LogP contribution in [0.3, 0.4) is 0 Å². The largest absolute Gasteiger partial charge is 0.493 e. The molecule has 0 aliphatic carbocycles. The van der Waals surface area contributed by atoms with E-state index in [1.165, 1.54) is 0 Å². The van der Waals surface area contributed by atoms with Crippen LogP contribution in [0.5, 0.6) is 11.5 Å². The zero-order chi connectivity index (χ0) is 15.2. The number of rotatable bonds is 6. The van der Waals surface area contributed by atoms with Gasteiger partial charge in [-0.1, -0.05) is 0 Å². The third-order valence-electron chi connectivity index (χ3n) is 3.18. The summed E-state index contributed by atoms with van der Waals surface area (Å²) in [5.41, 5.74) is 2.82. The minimum absolute atomic E-state index is 0.0570. The number of nitrogens with zero attached hydrogens (tertiary/aromatic N) is 2. The lowest BCUT2D eigenvalue weighted by atomic mass is 10.1. The molecular formula is C16H21N3O2. The van der Waals surface area contributed by atoms with Gasteiger partial charge in [0.15, 0.2) is 11.5 Å². The molecule has 2 aromatic rings. The molecule has 112 valence electrons. The van der Waals surface area contributed by atoms with Crippen LogP contribution in [0.1, 0.15) is 31.3 Å². The molecular weight excluding hydrogens is 266 g/mol. The maximum Gasteiger partial charge on any atom is 0.163 e. The molecule has 0 aliphatic heterocycles. The summed E-state index contributed by atoms with van der Waals surface area (Å²) in [5, 5.41) is 3.41. The van der Waals surface area contributed by atoms with Gasteiger partial charge in [0.25, 0.3) is 0 Å². The van der Waals surface area contributed by atoms with E-state index in [-0.39, 0.29) is 6.04 Å². The first-order chi connectivity index (χ1) is 10.2. The minimum atomic E-state index is 0.0570. The number of aryl methyl sites for hydroxylation is 1. The molecule has 21 heavy (non-hydrogen) atoms. The van der Waals surface area contributed by atoms with Crippen molar-refractivity contribution in [1.29, 1.82) is 0 Å². The number of aromatic nitrogens is 2. The second-order valence-electron chi connectivity index (χ2n) is 4.69. The van der Waals surface area contributed by atoms with Crippen LogP contribution in [0.4, 0.5) is 5.69 Å². The fraction of sp³-hybridized carbons (Fsp3) is 0.375. The predicted octanol–water partition coefficient (Wildman–Crippen LogP) is 3.37. The van der Waals surface area contributed by atoms with Gasteiger partial charge in [0.1, 0.15) is 0 Å². The first-order valence-electron chi connectivity index (χ1n) is 7.00. The summed E-state index contributed by atoms with van der Waals surface area (Å²) >= 11 is 0. The average molecular weight is 287 g/mol. The third kappa shape index (κ3) is 3.62. The van der Waals surface area contributed by atoms with Crippen LogP contribution in [0.15, 0.2) is 30.6 Å². The van der Waals surface area contributed by atoms with Gasteiger partial charge in [-0.25, -0.2) is 0 Å². The number of hydrogen-bond acceptors (Lipinski definition) is 5. The highest BCUT2D eigenvalue weighted by Crippen LogP contribution is 2.31. The highest BCUT2D eigenvalue weighted by atomic mass is 16.5. The van der Waals surface area contributed by atoms with Crippen molar-refractivity contribution >= 4 is 5.69 Å². The van der Waals surface area contributed by atoms with Gasteiger partial charge < -0.3 is 14.8 Å². The monoisotopic (exact) mass is 287 g/mol. The van der Waals surface area contributed by atoms with Gasteiger partial charge in [0.2, 0.25) is 0 Å². The fourth-order valence-electron chi connectivity index (χ4n) is 2.20. The summed E-state index contributed by atoms with van der Waals surface area (Å²) in [5.74, 6) is 1.46. The Morgan fingerprint density at radius 3 is 2.62 bits per heavy atom. The summed E-state index contributed by atoms with van der Waals surface area (Å²) in [6.45, 7) is 6.56. The molecule has 0 saturated heterocycles. The normalized spacial score (nSPS) is 11.8. The zero-order valence-electron chi connectivity index (χ0n) is 12.9. The number of ether oxygens (including phenoxy) is 2. The molecule has 0 amide bonds. The van der Waals surface area contributed by atoms with E-state index in [4.69, 9.17) is 9.47 Å². The van der Waals surface area contributed by atoms with Gasteiger partial charge >= 0.3 is 0 Å². The van der Waals surface area contributed by atoms with E-state index in [1.54, 1.807) is 19.5 Å². The first-order valence-corrected chi connectivity index (χ1v) is 7.00. The summed E-state index contributed by atoms with van der Waals surface area (Å²) in [4.78, 5) is 8.65. The van der Waals surface area contributed by atoms with Gasteiger partial charge in [-0.3, -0.25) is 9.97 Å². The Bertz CT molecular complexity index is 602. The van der Waals surface area contributed by atoms with E-state index >= 15 is 0 Å². The molecule has 0 fully saturated rings. The number of anilines is 1. The summed E-state index contributed by atoms with van der Waals surface area (Å²) in [6.07, 6.45) is 3.41. The SMILES string of the molecule is CCOc1cc(NC(C)c2nccnc2C)ccc1OC. The maximum atomic E-state index is 5.59. The fourth-order valence-corrected chi connectivity index (χ4v) is 2.20. The lowest BCUT2D eigenvalue weighted by molar-refractivity contribution is 0.311. The molecule has 1 atom stereocenters. The van der Waals surface area contributed by atoms with E-state index in [0.717, 1.165) is 28.6 Å². The van der Waals surface area contributed by atoms with Gasteiger partial charge in [0, 0.05) is 24.1 Å². The Balaban J connectivity index is 2.19. The van der Waals surface area contributed by atoms with E-state index in [0.29, 0.717) is 6.61 Å². The van der Waals surface area contributed by atoms with Crippen molar-refractivity contribution in [1.82, 2.24) is 9.97 Å². The minimum Gasteiger partial charge on any atom is -0.493 e. The molecule has 1 heterocycles. The Labute approximate surface area is 125 Å². The van der Waals surface area contributed by atoms with Crippen molar-refractivity contribution in [3.63, 3.8) is 0 Å². The van der Waals surface area contributed by atoms with Crippen molar-refractivity contribution in [3.8, 4) is 11.5 Å². The molecule has 1 unspecified atom stereocenters. The molecule has 0 saturated carbocycles. The highest BCUT2D eigenvalue weighted by molar-refractivity contribution is 5.55. The van der Waals surface area contributed by atoms with Crippen molar-refractivity contribution in [2.45, 2.75) is 26.8 Å². The predicted molar refractivity (Wildman–Crippen MR) is 83.0 cm³/mol. The smallest absolute Gasteiger partial charge is 0.163 e. The number of methoxy groups -OCH3 is 1. The van der Waals surface area contributed by atoms with Gasteiger partial charge in [-0.05, 0) is 32.9 Å². The van der Waals surface area contributed by atoms with Crippen LogP contribution in [-0.4, -0.2) is 23.7 Å². The molecule has 5 heteroatoms. The Morgan fingerprint density at radius 2 is 1.95 bits per heavy atom. The Morgan fingerprint density at radius 1 is 1.19 bits per heavy atom. The van der Waals surface area contributed by atoms with Crippen molar-refractivity contribution in [2.24, 2.45) is 0 Å². The molecule has 5 nitrogen and oxygen atoms in total. The Hall–Kier alpha value is -2.30. The summed E-state index contributed by atoms with van der Waals surface area (Å²) in [6, 6.07) is 5.85. The van der Waals surface area contributed by atoms with Crippen LogP contribution in [0.25, 0.3) is 0 Å². The second kappa shape index (κ2) is 6.92. The molecule has 0 radical (unpaired) electrons.